The van der Waals surface area contributed by atoms with Gasteiger partial charge in [-0.1, -0.05) is 5.16 Å². The lowest BCUT2D eigenvalue weighted by Crippen LogP contribution is -2.36. The molecule has 82 valence electrons. The average Bonchev–Trinajstić information content (AvgIpc) is 2.19. The summed E-state index contributed by atoms with van der Waals surface area (Å²) in [5.41, 5.74) is 0. The van der Waals surface area contributed by atoms with E-state index in [1.165, 1.54) is 7.11 Å². The number of hydrogen-bond acceptors (Lipinski definition) is 6. The molecule has 7 nitrogen and oxygen atoms in total. The standard InChI is InChI=1S/C8H11N3O4/c1-3-15-8(13)11-7(12)6(4-9)5-10-14-2/h5-6H,3H2,1-2H3,(H,11,12,13)/b10-5-/t6-/m1/s1. The maximum atomic E-state index is 11.2. The lowest BCUT2D eigenvalue weighted by atomic mass is 10.2. The fourth-order valence-electron chi connectivity index (χ4n) is 0.627. The van der Waals surface area contributed by atoms with E-state index in [2.05, 4.69) is 14.7 Å². The second-order valence-corrected chi connectivity index (χ2v) is 2.25. The molecule has 0 unspecified atom stereocenters. The summed E-state index contributed by atoms with van der Waals surface area (Å²) in [4.78, 5) is 26.3. The quantitative estimate of drug-likeness (QED) is 0.524. The van der Waals surface area contributed by atoms with Crippen molar-refractivity contribution in [2.75, 3.05) is 13.7 Å². The number of ether oxygens (including phenoxy) is 1. The lowest BCUT2D eigenvalue weighted by Gasteiger charge is -2.04. The highest BCUT2D eigenvalue weighted by Gasteiger charge is 2.18. The Labute approximate surface area is 86.6 Å². The number of imide groups is 1. The molecule has 7 heteroatoms. The van der Waals surface area contributed by atoms with E-state index in [0.29, 0.717) is 0 Å². The summed E-state index contributed by atoms with van der Waals surface area (Å²) in [5.74, 6) is -1.99. The summed E-state index contributed by atoms with van der Waals surface area (Å²) in [6.07, 6.45) is 0.0859. The van der Waals surface area contributed by atoms with Gasteiger partial charge in [0.15, 0.2) is 5.92 Å². The SMILES string of the molecule is CCOC(=O)NC(=O)[C@H](C#N)/C=N\OC. The van der Waals surface area contributed by atoms with E-state index >= 15 is 0 Å². The van der Waals surface area contributed by atoms with E-state index in [9.17, 15) is 9.59 Å². The smallest absolute Gasteiger partial charge is 0.413 e. The fourth-order valence-corrected chi connectivity index (χ4v) is 0.627. The van der Waals surface area contributed by atoms with E-state index < -0.39 is 17.9 Å². The molecule has 1 atom stereocenters. The summed E-state index contributed by atoms with van der Waals surface area (Å²) >= 11 is 0. The van der Waals surface area contributed by atoms with Gasteiger partial charge >= 0.3 is 6.09 Å². The van der Waals surface area contributed by atoms with E-state index in [1.54, 1.807) is 13.0 Å². The molecule has 0 spiro atoms. The van der Waals surface area contributed by atoms with Gasteiger partial charge in [0.25, 0.3) is 5.91 Å². The van der Waals surface area contributed by atoms with Crippen LogP contribution in [-0.2, 0) is 14.4 Å². The van der Waals surface area contributed by atoms with E-state index in [1.807, 2.05) is 5.32 Å². The molecule has 0 heterocycles. The number of carbonyl (C=O) groups is 2. The van der Waals surface area contributed by atoms with Crippen molar-refractivity contribution in [3.05, 3.63) is 0 Å². The Morgan fingerprint density at radius 3 is 2.80 bits per heavy atom. The number of rotatable bonds is 4. The topological polar surface area (TPSA) is 101 Å². The molecule has 0 aliphatic heterocycles. The molecular formula is C8H11N3O4. The van der Waals surface area contributed by atoms with Gasteiger partial charge < -0.3 is 9.57 Å². The zero-order valence-corrected chi connectivity index (χ0v) is 8.39. The highest BCUT2D eigenvalue weighted by Crippen LogP contribution is 1.91. The van der Waals surface area contributed by atoms with Crippen LogP contribution in [0.1, 0.15) is 6.92 Å². The van der Waals surface area contributed by atoms with Crippen LogP contribution in [0.2, 0.25) is 0 Å². The van der Waals surface area contributed by atoms with Crippen LogP contribution in [-0.4, -0.2) is 31.9 Å². The summed E-state index contributed by atoms with van der Waals surface area (Å²) in [6, 6.07) is 1.63. The van der Waals surface area contributed by atoms with Crippen LogP contribution >= 0.6 is 0 Å². The first-order valence-corrected chi connectivity index (χ1v) is 4.09. The van der Waals surface area contributed by atoms with Gasteiger partial charge in [-0.25, -0.2) is 4.79 Å². The second-order valence-electron chi connectivity index (χ2n) is 2.25. The molecule has 0 aliphatic rings. The number of alkyl carbamates (subject to hydrolysis) is 1. The van der Waals surface area contributed by atoms with Crippen LogP contribution in [0.15, 0.2) is 5.16 Å². The van der Waals surface area contributed by atoms with Gasteiger partial charge in [0, 0.05) is 0 Å². The summed E-state index contributed by atoms with van der Waals surface area (Å²) in [7, 11) is 1.27. The highest BCUT2D eigenvalue weighted by atomic mass is 16.6. The number of nitrogens with one attached hydrogen (secondary N) is 1. The monoisotopic (exact) mass is 213 g/mol. The number of nitrogens with zero attached hydrogens (tertiary/aromatic N) is 2. The van der Waals surface area contributed by atoms with Crippen LogP contribution in [0.25, 0.3) is 0 Å². The van der Waals surface area contributed by atoms with Crippen LogP contribution in [0.5, 0.6) is 0 Å². The first-order chi connectivity index (χ1) is 7.15. The molecule has 0 bridgehead atoms. The third-order valence-electron chi connectivity index (χ3n) is 1.24. The normalized spacial score (nSPS) is 11.5. The van der Waals surface area contributed by atoms with Crippen LogP contribution in [0.4, 0.5) is 4.79 Å². The Hall–Kier alpha value is -2.10. The lowest BCUT2D eigenvalue weighted by molar-refractivity contribution is -0.121. The highest BCUT2D eigenvalue weighted by molar-refractivity contribution is 6.02. The number of hydrogen-bond donors (Lipinski definition) is 1. The van der Waals surface area contributed by atoms with E-state index in [0.717, 1.165) is 6.21 Å². The van der Waals surface area contributed by atoms with Gasteiger partial charge in [-0.2, -0.15) is 5.26 Å². The van der Waals surface area contributed by atoms with Gasteiger partial charge in [-0.15, -0.1) is 0 Å². The van der Waals surface area contributed by atoms with Crippen molar-refractivity contribution < 1.29 is 19.2 Å². The average molecular weight is 213 g/mol. The Kier molecular flexibility index (Phi) is 6.29. The third kappa shape index (κ3) is 5.25. The molecule has 0 radical (unpaired) electrons. The van der Waals surface area contributed by atoms with Crippen LogP contribution in [0.3, 0.4) is 0 Å². The molecular weight excluding hydrogens is 202 g/mol. The minimum Gasteiger partial charge on any atom is -0.450 e. The van der Waals surface area contributed by atoms with Crippen molar-refractivity contribution >= 4 is 18.2 Å². The van der Waals surface area contributed by atoms with Gasteiger partial charge in [-0.3, -0.25) is 10.1 Å². The Morgan fingerprint density at radius 2 is 2.33 bits per heavy atom. The Morgan fingerprint density at radius 1 is 1.67 bits per heavy atom. The first kappa shape index (κ1) is 12.9. The number of amides is 2. The van der Waals surface area contributed by atoms with Crippen molar-refractivity contribution in [2.24, 2.45) is 11.1 Å². The molecule has 0 fully saturated rings. The minimum atomic E-state index is -1.19. The van der Waals surface area contributed by atoms with Gasteiger partial charge in [0.2, 0.25) is 0 Å². The van der Waals surface area contributed by atoms with E-state index in [-0.39, 0.29) is 6.61 Å². The van der Waals surface area contributed by atoms with Gasteiger partial charge in [0.1, 0.15) is 7.11 Å². The fraction of sp³-hybridized carbons (Fsp3) is 0.500. The largest absolute Gasteiger partial charge is 0.450 e. The number of carbonyl (C=O) groups excluding carboxylic acids is 2. The second kappa shape index (κ2) is 7.32. The first-order valence-electron chi connectivity index (χ1n) is 4.09. The molecule has 0 aliphatic carbocycles. The Balaban J connectivity index is 4.23. The number of oxime groups is 1. The molecule has 0 aromatic heterocycles. The van der Waals surface area contributed by atoms with Crippen molar-refractivity contribution in [1.29, 1.82) is 5.26 Å². The van der Waals surface area contributed by atoms with Crippen LogP contribution in [0, 0.1) is 17.2 Å². The van der Waals surface area contributed by atoms with Crippen molar-refractivity contribution in [3.8, 4) is 6.07 Å². The van der Waals surface area contributed by atoms with Crippen LogP contribution < -0.4 is 5.32 Å². The molecule has 0 rings (SSSR count). The minimum absolute atomic E-state index is 0.141. The molecule has 15 heavy (non-hydrogen) atoms. The van der Waals surface area contributed by atoms with Crippen molar-refractivity contribution in [3.63, 3.8) is 0 Å². The maximum absolute atomic E-state index is 11.2. The number of nitriles is 1. The third-order valence-corrected chi connectivity index (χ3v) is 1.24. The molecule has 1 N–H and O–H groups in total. The van der Waals surface area contributed by atoms with Gasteiger partial charge in [-0.05, 0) is 6.92 Å². The molecule has 0 saturated carbocycles. The zero-order valence-electron chi connectivity index (χ0n) is 8.39. The van der Waals surface area contributed by atoms with Crippen molar-refractivity contribution in [1.82, 2.24) is 5.32 Å². The molecule has 2 amide bonds. The molecule has 0 aromatic carbocycles. The predicted octanol–water partition coefficient (Wildman–Crippen LogP) is 0.0311. The van der Waals surface area contributed by atoms with Gasteiger partial charge in [0.05, 0.1) is 18.9 Å². The molecule has 0 aromatic rings. The van der Waals surface area contributed by atoms with Crippen molar-refractivity contribution in [2.45, 2.75) is 6.92 Å². The molecule has 0 saturated heterocycles. The Bertz CT molecular complexity index is 295. The maximum Gasteiger partial charge on any atom is 0.413 e. The zero-order chi connectivity index (χ0) is 11.7. The summed E-state index contributed by atoms with van der Waals surface area (Å²) in [5, 5.41) is 13.7. The summed E-state index contributed by atoms with van der Waals surface area (Å²) < 4.78 is 4.46. The van der Waals surface area contributed by atoms with E-state index in [4.69, 9.17) is 5.26 Å². The predicted molar refractivity (Wildman–Crippen MR) is 49.8 cm³/mol. The summed E-state index contributed by atoms with van der Waals surface area (Å²) in [6.45, 7) is 1.74.